The van der Waals surface area contributed by atoms with E-state index in [1.807, 2.05) is 12.1 Å². The SMILES string of the molecule is CC(=O)NCC1CC(c2ccc(C3CCN(C4SN=NC4=O)CC3)c(F)c2)=NO1. The molecule has 1 aromatic carbocycles. The first kappa shape index (κ1) is 20.0. The maximum atomic E-state index is 14.8. The molecule has 0 aliphatic carbocycles. The van der Waals surface area contributed by atoms with Crippen molar-refractivity contribution in [2.75, 3.05) is 19.6 Å². The third-order valence-electron chi connectivity index (χ3n) is 5.44. The molecule has 4 rings (SSSR count). The lowest BCUT2D eigenvalue weighted by atomic mass is 9.88. The number of hydrogen-bond acceptors (Lipinski definition) is 7. The van der Waals surface area contributed by atoms with E-state index in [1.54, 1.807) is 0 Å². The first-order chi connectivity index (χ1) is 14.0. The summed E-state index contributed by atoms with van der Waals surface area (Å²) in [6.45, 7) is 3.26. The van der Waals surface area contributed by atoms with Crippen molar-refractivity contribution in [3.05, 3.63) is 35.1 Å². The van der Waals surface area contributed by atoms with Crippen LogP contribution in [-0.2, 0) is 14.4 Å². The normalized spacial score (nSPS) is 25.2. The van der Waals surface area contributed by atoms with E-state index in [9.17, 15) is 14.0 Å². The molecule has 2 atom stereocenters. The predicted octanol–water partition coefficient (Wildman–Crippen LogP) is 2.60. The highest BCUT2D eigenvalue weighted by molar-refractivity contribution is 7.99. The molecule has 1 aromatic rings. The Morgan fingerprint density at radius 3 is 2.83 bits per heavy atom. The van der Waals surface area contributed by atoms with Gasteiger partial charge in [-0.05, 0) is 30.4 Å². The van der Waals surface area contributed by atoms with Gasteiger partial charge < -0.3 is 10.2 Å². The molecule has 154 valence electrons. The van der Waals surface area contributed by atoms with Gasteiger partial charge in [0.25, 0.3) is 5.91 Å². The van der Waals surface area contributed by atoms with E-state index in [0.717, 1.165) is 12.8 Å². The highest BCUT2D eigenvalue weighted by Gasteiger charge is 2.34. The van der Waals surface area contributed by atoms with Crippen molar-refractivity contribution in [3.8, 4) is 0 Å². The molecule has 8 nitrogen and oxygen atoms in total. The Balaban J connectivity index is 1.35. The summed E-state index contributed by atoms with van der Waals surface area (Å²) in [5.74, 6) is -0.459. The van der Waals surface area contributed by atoms with Crippen molar-refractivity contribution in [1.29, 1.82) is 0 Å². The molecule has 1 fully saturated rings. The van der Waals surface area contributed by atoms with Gasteiger partial charge in [-0.2, -0.15) is 0 Å². The average Bonchev–Trinajstić information content (AvgIpc) is 3.35. The van der Waals surface area contributed by atoms with Crippen molar-refractivity contribution < 1.29 is 18.8 Å². The second kappa shape index (κ2) is 8.58. The monoisotopic (exact) mass is 419 g/mol. The Labute approximate surface area is 172 Å². The summed E-state index contributed by atoms with van der Waals surface area (Å²) in [6.07, 6.45) is 1.86. The quantitative estimate of drug-likeness (QED) is 0.740. The van der Waals surface area contributed by atoms with Gasteiger partial charge in [0.2, 0.25) is 5.91 Å². The minimum atomic E-state index is -0.325. The molecule has 1 N–H and O–H groups in total. The van der Waals surface area contributed by atoms with Crippen LogP contribution in [0.15, 0.2) is 33.0 Å². The molecule has 10 heteroatoms. The fourth-order valence-electron chi connectivity index (χ4n) is 3.87. The molecule has 0 radical (unpaired) electrons. The number of carbonyl (C=O) groups is 2. The zero-order valence-electron chi connectivity index (χ0n) is 16.0. The van der Waals surface area contributed by atoms with Gasteiger partial charge in [-0.3, -0.25) is 14.5 Å². The number of amides is 2. The second-order valence-corrected chi connectivity index (χ2v) is 8.25. The fraction of sp³-hybridized carbons (Fsp3) is 0.526. The number of benzene rings is 1. The lowest BCUT2D eigenvalue weighted by molar-refractivity contribution is -0.120. The number of rotatable bonds is 5. The summed E-state index contributed by atoms with van der Waals surface area (Å²) in [5.41, 5.74) is 2.08. The van der Waals surface area contributed by atoms with Gasteiger partial charge in [-0.25, -0.2) is 4.39 Å². The topological polar surface area (TPSA) is 95.7 Å². The molecule has 0 aromatic heterocycles. The highest BCUT2D eigenvalue weighted by Crippen LogP contribution is 2.34. The molecule has 0 saturated carbocycles. The number of nitrogens with zero attached hydrogens (tertiary/aromatic N) is 4. The van der Waals surface area contributed by atoms with Gasteiger partial charge in [0.1, 0.15) is 11.9 Å². The van der Waals surface area contributed by atoms with Crippen LogP contribution in [0, 0.1) is 5.82 Å². The molecule has 2 amide bonds. The number of likely N-dealkylation sites (tertiary alicyclic amines) is 1. The minimum absolute atomic E-state index is 0.116. The number of hydrogen-bond donors (Lipinski definition) is 1. The number of carbonyl (C=O) groups excluding carboxylic acids is 2. The number of oxime groups is 1. The number of halogens is 1. The van der Waals surface area contributed by atoms with Crippen molar-refractivity contribution in [2.24, 2.45) is 14.8 Å². The molecular formula is C19H22FN5O3S. The number of piperidine rings is 1. The van der Waals surface area contributed by atoms with Crippen LogP contribution in [0.3, 0.4) is 0 Å². The molecule has 3 aliphatic rings. The summed E-state index contributed by atoms with van der Waals surface area (Å²) in [6, 6.07) is 5.22. The molecule has 3 aliphatic heterocycles. The van der Waals surface area contributed by atoms with Crippen LogP contribution >= 0.6 is 11.9 Å². The summed E-state index contributed by atoms with van der Waals surface area (Å²) in [7, 11) is 0. The average molecular weight is 419 g/mol. The van der Waals surface area contributed by atoms with Crippen molar-refractivity contribution in [2.45, 2.75) is 43.6 Å². The molecule has 3 heterocycles. The summed E-state index contributed by atoms with van der Waals surface area (Å²) in [5, 5.41) is 9.99. The van der Waals surface area contributed by atoms with E-state index >= 15 is 0 Å². The van der Waals surface area contributed by atoms with Gasteiger partial charge in [0.15, 0.2) is 5.37 Å². The first-order valence-electron chi connectivity index (χ1n) is 9.63. The van der Waals surface area contributed by atoms with E-state index in [2.05, 4.69) is 25.0 Å². The van der Waals surface area contributed by atoms with E-state index < -0.39 is 0 Å². The van der Waals surface area contributed by atoms with E-state index in [0.29, 0.717) is 42.9 Å². The van der Waals surface area contributed by atoms with Crippen LogP contribution in [0.5, 0.6) is 0 Å². The summed E-state index contributed by atoms with van der Waals surface area (Å²) < 4.78 is 18.6. The Hall–Kier alpha value is -2.33. The van der Waals surface area contributed by atoms with Gasteiger partial charge in [0, 0.05) is 43.9 Å². The molecule has 29 heavy (non-hydrogen) atoms. The molecule has 0 bridgehead atoms. The van der Waals surface area contributed by atoms with Crippen LogP contribution in [0.2, 0.25) is 0 Å². The fourth-order valence-corrected chi connectivity index (χ4v) is 4.57. The zero-order chi connectivity index (χ0) is 20.4. The van der Waals surface area contributed by atoms with E-state index in [4.69, 9.17) is 4.84 Å². The predicted molar refractivity (Wildman–Crippen MR) is 106 cm³/mol. The van der Waals surface area contributed by atoms with Gasteiger partial charge in [-0.1, -0.05) is 17.3 Å². The Bertz CT molecular complexity index is 869. The van der Waals surface area contributed by atoms with Crippen LogP contribution < -0.4 is 5.32 Å². The van der Waals surface area contributed by atoms with Crippen molar-refractivity contribution in [1.82, 2.24) is 10.2 Å². The van der Waals surface area contributed by atoms with E-state index in [-0.39, 0.29) is 35.0 Å². The van der Waals surface area contributed by atoms with Crippen molar-refractivity contribution >= 4 is 29.5 Å². The minimum Gasteiger partial charge on any atom is -0.390 e. The van der Waals surface area contributed by atoms with Crippen LogP contribution in [-0.4, -0.2) is 53.5 Å². The van der Waals surface area contributed by atoms with Crippen LogP contribution in [0.4, 0.5) is 4.39 Å². The highest BCUT2D eigenvalue weighted by atomic mass is 32.2. The standard InChI is InChI=1S/C19H22FN5O3S/c1-11(26)21-10-14-9-17(23-28-14)13-2-3-15(16(20)8-13)12-4-6-25(7-5-12)19-18(27)22-24-29-19/h2-3,8,12,14,19H,4-7,9-10H2,1H3,(H,21,26). The van der Waals surface area contributed by atoms with Gasteiger partial charge >= 0.3 is 0 Å². The maximum Gasteiger partial charge on any atom is 0.294 e. The van der Waals surface area contributed by atoms with Crippen LogP contribution in [0.1, 0.15) is 43.2 Å². The maximum absolute atomic E-state index is 14.8. The largest absolute Gasteiger partial charge is 0.390 e. The summed E-state index contributed by atoms with van der Waals surface area (Å²) >= 11 is 1.19. The molecule has 2 unspecified atom stereocenters. The van der Waals surface area contributed by atoms with Crippen molar-refractivity contribution in [3.63, 3.8) is 0 Å². The smallest absolute Gasteiger partial charge is 0.294 e. The second-order valence-electron chi connectivity index (χ2n) is 7.43. The van der Waals surface area contributed by atoms with Gasteiger partial charge in [-0.15, -0.1) is 9.63 Å². The lowest BCUT2D eigenvalue weighted by Gasteiger charge is -2.33. The third kappa shape index (κ3) is 4.48. The van der Waals surface area contributed by atoms with Crippen LogP contribution in [0.25, 0.3) is 0 Å². The first-order valence-corrected chi connectivity index (χ1v) is 10.5. The molecular weight excluding hydrogens is 397 g/mol. The zero-order valence-corrected chi connectivity index (χ0v) is 16.8. The van der Waals surface area contributed by atoms with E-state index in [1.165, 1.54) is 24.9 Å². The third-order valence-corrected chi connectivity index (χ3v) is 6.32. The Kier molecular flexibility index (Phi) is 5.91. The number of nitrogens with one attached hydrogen (secondary N) is 1. The van der Waals surface area contributed by atoms with Gasteiger partial charge in [0.05, 0.1) is 12.3 Å². The molecule has 1 saturated heterocycles. The summed E-state index contributed by atoms with van der Waals surface area (Å²) in [4.78, 5) is 30.1. The Morgan fingerprint density at radius 1 is 1.38 bits per heavy atom. The Morgan fingerprint density at radius 2 is 2.17 bits per heavy atom. The lowest BCUT2D eigenvalue weighted by Crippen LogP contribution is -2.41. The molecule has 0 spiro atoms.